The molecule has 0 aromatic heterocycles. The van der Waals surface area contributed by atoms with E-state index in [4.69, 9.17) is 24.7 Å². The van der Waals surface area contributed by atoms with Gasteiger partial charge in [-0.05, 0) is 130 Å². The van der Waals surface area contributed by atoms with Gasteiger partial charge in [-0.1, -0.05) is 59.5 Å². The average Bonchev–Trinajstić information content (AvgIpc) is 3.51. The molecule has 0 bridgehead atoms. The Morgan fingerprint density at radius 1 is 0.321 bits per heavy atom. The Morgan fingerprint density at radius 3 is 0.857 bits per heavy atom. The summed E-state index contributed by atoms with van der Waals surface area (Å²) >= 11 is 15.2. The molecule has 21 heteroatoms. The number of nitrogens with zero attached hydrogens (tertiary/aromatic N) is 4. The van der Waals surface area contributed by atoms with Crippen LogP contribution in [0.25, 0.3) is 0 Å². The molecule has 4 amide bonds. The fourth-order valence-electron chi connectivity index (χ4n) is 8.23. The van der Waals surface area contributed by atoms with Gasteiger partial charge in [-0.15, -0.1) is 6.58 Å². The topological polar surface area (TPSA) is 144 Å². The van der Waals surface area contributed by atoms with Gasteiger partial charge in [0.15, 0.2) is 0 Å². The van der Waals surface area contributed by atoms with Crippen molar-refractivity contribution in [3.05, 3.63) is 12.7 Å². The number of carbonyl (C=O) groups excluding carboxylic acids is 4. The van der Waals surface area contributed by atoms with Gasteiger partial charge in [0.05, 0.1) is 52.9 Å². The Bertz CT molecular complexity index is 1480. The van der Waals surface area contributed by atoms with Crippen molar-refractivity contribution in [1.29, 1.82) is 0 Å². The zero-order chi connectivity index (χ0) is 61.3. The minimum absolute atomic E-state index is 0.252. The lowest BCUT2D eigenvalue weighted by Crippen LogP contribution is -2.33. The fraction of sp³-hybridized carbons (Fsp3) is 0.905. The van der Waals surface area contributed by atoms with Crippen LogP contribution >= 0.6 is 94.1 Å². The zero-order valence-electron chi connectivity index (χ0n) is 53.7. The SMILES string of the molecule is C=CCN(CCCC)C(=O)CCSCCCCSCCCN(CCCC)C(=O)CCSCCOCCOCCSCCCN(CCCC)C(=O)CCSCCCCSCCCN(CCCC)C(=O)CCSCCOCCOCCSCCCN. The summed E-state index contributed by atoms with van der Waals surface area (Å²) in [5.74, 6) is 17.2. The Kier molecular flexibility index (Phi) is 69.3. The van der Waals surface area contributed by atoms with Gasteiger partial charge in [0, 0.05) is 124 Å². The van der Waals surface area contributed by atoms with E-state index < -0.39 is 0 Å². The number of amides is 4. The highest BCUT2D eigenvalue weighted by Gasteiger charge is 2.16. The molecule has 0 aromatic carbocycles. The van der Waals surface area contributed by atoms with Crippen molar-refractivity contribution in [3.63, 3.8) is 0 Å². The van der Waals surface area contributed by atoms with Gasteiger partial charge < -0.3 is 44.3 Å². The van der Waals surface area contributed by atoms with Crippen molar-refractivity contribution in [1.82, 2.24) is 19.6 Å². The molecule has 0 aliphatic rings. The van der Waals surface area contributed by atoms with Crippen LogP contribution < -0.4 is 5.73 Å². The Hall–Kier alpha value is 0.220. The van der Waals surface area contributed by atoms with Crippen molar-refractivity contribution in [2.45, 2.75) is 156 Å². The quantitative estimate of drug-likeness (QED) is 0.0455. The summed E-state index contributed by atoms with van der Waals surface area (Å²) in [6.07, 6.45) is 21.8. The molecule has 0 saturated heterocycles. The van der Waals surface area contributed by atoms with Gasteiger partial charge in [0.25, 0.3) is 0 Å². The molecule has 0 aliphatic carbocycles. The van der Waals surface area contributed by atoms with Crippen LogP contribution in [0.4, 0.5) is 0 Å². The van der Waals surface area contributed by atoms with Gasteiger partial charge in [-0.25, -0.2) is 0 Å². The Morgan fingerprint density at radius 2 is 0.560 bits per heavy atom. The number of hydrogen-bond donors (Lipinski definition) is 1. The number of hydrogen-bond acceptors (Lipinski definition) is 17. The third kappa shape index (κ3) is 57.4. The van der Waals surface area contributed by atoms with Crippen molar-refractivity contribution in [2.75, 3.05) is 204 Å². The van der Waals surface area contributed by atoms with Gasteiger partial charge in [0.1, 0.15) is 0 Å². The van der Waals surface area contributed by atoms with E-state index in [0.717, 1.165) is 228 Å². The predicted octanol–water partition coefficient (Wildman–Crippen LogP) is 13.3. The summed E-state index contributed by atoms with van der Waals surface area (Å²) in [6, 6.07) is 0. The molecule has 0 atom stereocenters. The van der Waals surface area contributed by atoms with Crippen LogP contribution in [-0.4, -0.2) is 247 Å². The molecule has 0 radical (unpaired) electrons. The molecule has 0 unspecified atom stereocenters. The van der Waals surface area contributed by atoms with Crippen molar-refractivity contribution in [2.24, 2.45) is 5.73 Å². The highest BCUT2D eigenvalue weighted by atomic mass is 32.2. The van der Waals surface area contributed by atoms with Crippen LogP contribution in [0.15, 0.2) is 12.7 Å². The monoisotopic (exact) mass is 1330 g/mol. The maximum atomic E-state index is 13.2. The largest absolute Gasteiger partial charge is 0.378 e. The van der Waals surface area contributed by atoms with E-state index in [2.05, 4.69) is 49.0 Å². The normalized spacial score (nSPS) is 11.4. The Labute approximate surface area is 549 Å². The molecular weight excluding hydrogens is 1210 g/mol. The van der Waals surface area contributed by atoms with Gasteiger partial charge in [-0.2, -0.15) is 94.1 Å². The standard InChI is InChI=1S/C63H123N5O8S8/c1-6-11-29-65(28-10-5)60(69)23-52-79-46-17-15-44-77-49-20-33-66(30-12-7-2)63(72)26-55-84-59-43-76-39-37-74-41-57-82-51-22-35-68(32-14-9-4)61(70)24-53-80-47-18-16-45-78-50-21-34-67(31-13-8-3)62(71)25-54-83-58-42-75-38-36-73-40-56-81-48-19-27-64/h10H,5-9,11-59,64H2,1-4H3. The van der Waals surface area contributed by atoms with Gasteiger partial charge in [0.2, 0.25) is 23.6 Å². The van der Waals surface area contributed by atoms with Gasteiger partial charge in [-0.3, -0.25) is 19.2 Å². The maximum Gasteiger partial charge on any atom is 0.223 e. The van der Waals surface area contributed by atoms with E-state index in [0.29, 0.717) is 84.4 Å². The van der Waals surface area contributed by atoms with Crippen LogP contribution in [0, 0.1) is 0 Å². The second kappa shape index (κ2) is 69.1. The fourth-order valence-corrected chi connectivity index (χ4v) is 15.1. The first-order chi connectivity index (χ1) is 41.3. The lowest BCUT2D eigenvalue weighted by molar-refractivity contribution is -0.131. The smallest absolute Gasteiger partial charge is 0.223 e. The predicted molar refractivity (Wildman–Crippen MR) is 382 cm³/mol. The molecule has 0 heterocycles. The molecule has 0 saturated carbocycles. The summed E-state index contributed by atoms with van der Waals surface area (Å²) in [5.41, 5.74) is 5.53. The summed E-state index contributed by atoms with van der Waals surface area (Å²) in [4.78, 5) is 60.0. The first kappa shape index (κ1) is 84.2. The molecule has 496 valence electrons. The van der Waals surface area contributed by atoms with Crippen molar-refractivity contribution in [3.8, 4) is 0 Å². The van der Waals surface area contributed by atoms with E-state index in [1.807, 2.05) is 81.5 Å². The lowest BCUT2D eigenvalue weighted by Gasteiger charge is -2.22. The van der Waals surface area contributed by atoms with E-state index in [1.54, 1.807) is 23.5 Å². The van der Waals surface area contributed by atoms with E-state index in [-0.39, 0.29) is 17.7 Å². The molecule has 0 aromatic rings. The van der Waals surface area contributed by atoms with Crippen LogP contribution in [0.5, 0.6) is 0 Å². The van der Waals surface area contributed by atoms with Gasteiger partial charge >= 0.3 is 0 Å². The molecule has 2 N–H and O–H groups in total. The second-order valence-electron chi connectivity index (χ2n) is 20.7. The van der Waals surface area contributed by atoms with Crippen LogP contribution in [-0.2, 0) is 38.1 Å². The average molecular weight is 1340 g/mol. The lowest BCUT2D eigenvalue weighted by atomic mass is 10.2. The minimum atomic E-state index is 0.252. The Balaban J connectivity index is 3.94. The number of rotatable bonds is 69. The van der Waals surface area contributed by atoms with Crippen LogP contribution in [0.1, 0.15) is 156 Å². The van der Waals surface area contributed by atoms with Crippen molar-refractivity contribution >= 4 is 118 Å². The maximum absolute atomic E-state index is 13.2. The molecule has 84 heavy (non-hydrogen) atoms. The molecule has 0 rings (SSSR count). The number of carbonyl (C=O) groups is 4. The van der Waals surface area contributed by atoms with E-state index in [9.17, 15) is 19.2 Å². The summed E-state index contributed by atoms with van der Waals surface area (Å²) in [6.45, 7) is 25.2. The molecule has 13 nitrogen and oxygen atoms in total. The van der Waals surface area contributed by atoms with Crippen LogP contribution in [0.2, 0.25) is 0 Å². The summed E-state index contributed by atoms with van der Waals surface area (Å²) in [7, 11) is 0. The van der Waals surface area contributed by atoms with E-state index >= 15 is 0 Å². The summed E-state index contributed by atoms with van der Waals surface area (Å²) < 4.78 is 23.0. The zero-order valence-corrected chi connectivity index (χ0v) is 60.2. The van der Waals surface area contributed by atoms with Crippen LogP contribution in [0.3, 0.4) is 0 Å². The van der Waals surface area contributed by atoms with Crippen molar-refractivity contribution < 1.29 is 38.1 Å². The van der Waals surface area contributed by atoms with E-state index in [1.165, 1.54) is 25.7 Å². The number of ether oxygens (including phenoxy) is 4. The molecule has 0 spiro atoms. The molecular formula is C63H123N5O8S8. The third-order valence-corrected chi connectivity index (χ3v) is 21.7. The first-order valence-corrected chi connectivity index (χ1v) is 41.9. The highest BCUT2D eigenvalue weighted by Crippen LogP contribution is 2.17. The summed E-state index contributed by atoms with van der Waals surface area (Å²) in [5, 5.41) is 0. The molecule has 0 aliphatic heterocycles. The minimum Gasteiger partial charge on any atom is -0.378 e. The number of unbranched alkanes of at least 4 members (excludes halogenated alkanes) is 6. The highest BCUT2D eigenvalue weighted by molar-refractivity contribution is 8.00. The first-order valence-electron chi connectivity index (χ1n) is 32.6. The second-order valence-corrected chi connectivity index (χ2v) is 30.4. The third-order valence-electron chi connectivity index (χ3n) is 13.3. The number of nitrogens with two attached hydrogens (primary N) is 1. The number of thioether (sulfide) groups is 8. The molecule has 0 fully saturated rings.